The number of aliphatic hydroxyl groups is 1. The van der Waals surface area contributed by atoms with Crippen LogP contribution < -0.4 is 10.6 Å². The van der Waals surface area contributed by atoms with E-state index in [2.05, 4.69) is 20.8 Å². The smallest absolute Gasteiger partial charge is 0.395 e. The van der Waals surface area contributed by atoms with Gasteiger partial charge >= 0.3 is 12.2 Å². The van der Waals surface area contributed by atoms with Gasteiger partial charge in [-0.3, -0.25) is 5.32 Å². The predicted molar refractivity (Wildman–Crippen MR) is 70.4 cm³/mol. The summed E-state index contributed by atoms with van der Waals surface area (Å²) in [6.07, 6.45) is -5.24. The Hall–Kier alpha value is -2.14. The number of aromatic nitrogens is 2. The fourth-order valence-corrected chi connectivity index (χ4v) is 2.23. The number of hydrogen-bond acceptors (Lipinski definition) is 6. The molecule has 11 heteroatoms. The number of nitrogens with one attached hydrogen (secondary N) is 2. The average Bonchev–Trinajstić information content (AvgIpc) is 3.06. The van der Waals surface area contributed by atoms with Crippen molar-refractivity contribution in [3.8, 4) is 0 Å². The van der Waals surface area contributed by atoms with Crippen molar-refractivity contribution in [2.45, 2.75) is 18.7 Å². The highest BCUT2D eigenvalue weighted by Crippen LogP contribution is 2.24. The average molecular weight is 336 g/mol. The van der Waals surface area contributed by atoms with Gasteiger partial charge in [0.1, 0.15) is 16.9 Å². The van der Waals surface area contributed by atoms with Crippen molar-refractivity contribution in [2.24, 2.45) is 0 Å². The molecule has 0 bridgehead atoms. The third kappa shape index (κ3) is 5.00. The van der Waals surface area contributed by atoms with Gasteiger partial charge in [-0.25, -0.2) is 4.79 Å². The summed E-state index contributed by atoms with van der Waals surface area (Å²) in [6, 6.07) is 2.40. The number of carbonyl (C=O) groups excluding carboxylic acids is 1. The zero-order chi connectivity index (χ0) is 16.2. The highest BCUT2D eigenvalue weighted by atomic mass is 32.1. The number of anilines is 1. The zero-order valence-corrected chi connectivity index (χ0v) is 11.7. The fraction of sp³-hybridized carbons (Fsp3) is 0.364. The lowest BCUT2D eigenvalue weighted by atomic mass is 10.3. The summed E-state index contributed by atoms with van der Waals surface area (Å²) in [6.45, 7) is -0.131. The molecule has 0 aliphatic heterocycles. The molecule has 1 atom stereocenters. The summed E-state index contributed by atoms with van der Waals surface area (Å²) in [5, 5.41) is 20.7. The number of furan rings is 1. The minimum Gasteiger partial charge on any atom is -0.467 e. The Morgan fingerprint density at radius 1 is 1.45 bits per heavy atom. The van der Waals surface area contributed by atoms with Crippen molar-refractivity contribution in [1.29, 1.82) is 0 Å². The third-order valence-corrected chi connectivity index (χ3v) is 3.21. The van der Waals surface area contributed by atoms with Gasteiger partial charge in [0.2, 0.25) is 5.13 Å². The topological polar surface area (TPSA) is 100 Å². The van der Waals surface area contributed by atoms with Gasteiger partial charge in [0, 0.05) is 0 Å². The number of hydrogen-bond donors (Lipinski definition) is 3. The first-order valence-electron chi connectivity index (χ1n) is 5.99. The Balaban J connectivity index is 1.80. The first-order chi connectivity index (χ1) is 10.3. The Morgan fingerprint density at radius 3 is 2.86 bits per heavy atom. The molecule has 3 N–H and O–H groups in total. The second-order valence-corrected chi connectivity index (χ2v) is 5.22. The Kier molecular flexibility index (Phi) is 4.98. The minimum absolute atomic E-state index is 0.0655. The molecule has 22 heavy (non-hydrogen) atoms. The van der Waals surface area contributed by atoms with E-state index in [1.54, 1.807) is 12.1 Å². The number of carbonyl (C=O) groups is 1. The van der Waals surface area contributed by atoms with Gasteiger partial charge in [-0.1, -0.05) is 11.3 Å². The zero-order valence-electron chi connectivity index (χ0n) is 10.9. The normalized spacial score (nSPS) is 12.9. The van der Waals surface area contributed by atoms with Crippen LogP contribution in [0.25, 0.3) is 0 Å². The SMILES string of the molecule is O=C(NC[C@H](O)c1ccco1)Nc1nnc(CC(F)(F)F)s1. The summed E-state index contributed by atoms with van der Waals surface area (Å²) < 4.78 is 41.4. The fourth-order valence-electron chi connectivity index (χ4n) is 1.46. The molecule has 0 aromatic carbocycles. The number of aliphatic hydroxyl groups excluding tert-OH is 1. The standard InChI is InChI=1S/C11H11F3N4O3S/c12-11(13,14)4-8-17-18-10(22-8)16-9(20)15-5-6(19)7-2-1-3-21-7/h1-3,6,19H,4-5H2,(H2,15,16,18,20)/t6-/m0/s1. The molecule has 7 nitrogen and oxygen atoms in total. The lowest BCUT2D eigenvalue weighted by Crippen LogP contribution is -2.32. The van der Waals surface area contributed by atoms with Crippen LogP contribution in [0.2, 0.25) is 0 Å². The lowest BCUT2D eigenvalue weighted by Gasteiger charge is -2.09. The largest absolute Gasteiger partial charge is 0.467 e. The second-order valence-electron chi connectivity index (χ2n) is 4.16. The minimum atomic E-state index is -4.38. The quantitative estimate of drug-likeness (QED) is 0.776. The van der Waals surface area contributed by atoms with E-state index >= 15 is 0 Å². The number of alkyl halides is 3. The molecule has 2 heterocycles. The molecule has 120 valence electrons. The molecule has 0 aliphatic carbocycles. The van der Waals surface area contributed by atoms with Gasteiger partial charge in [-0.2, -0.15) is 13.2 Å². The molecule has 2 rings (SSSR count). The van der Waals surface area contributed by atoms with Crippen molar-refractivity contribution in [1.82, 2.24) is 15.5 Å². The molecule has 2 aromatic rings. The van der Waals surface area contributed by atoms with Gasteiger partial charge < -0.3 is 14.8 Å². The third-order valence-electron chi connectivity index (χ3n) is 2.37. The molecule has 0 saturated carbocycles. The molecule has 0 unspecified atom stereocenters. The molecule has 0 aliphatic rings. The van der Waals surface area contributed by atoms with Crippen LogP contribution in [0.3, 0.4) is 0 Å². The maximum atomic E-state index is 12.2. The molecule has 2 aromatic heterocycles. The molecular weight excluding hydrogens is 325 g/mol. The van der Waals surface area contributed by atoms with Gasteiger partial charge in [-0.15, -0.1) is 10.2 Å². The van der Waals surface area contributed by atoms with E-state index in [4.69, 9.17) is 4.42 Å². The van der Waals surface area contributed by atoms with Crippen molar-refractivity contribution < 1.29 is 27.5 Å². The summed E-state index contributed by atoms with van der Waals surface area (Å²) in [5.74, 6) is 0.281. The second kappa shape index (κ2) is 6.75. The van der Waals surface area contributed by atoms with Crippen molar-refractivity contribution in [3.63, 3.8) is 0 Å². The van der Waals surface area contributed by atoms with E-state index in [1.165, 1.54) is 6.26 Å². The Labute approximate surface area is 126 Å². The lowest BCUT2D eigenvalue weighted by molar-refractivity contribution is -0.127. The summed E-state index contributed by atoms with van der Waals surface area (Å²) in [4.78, 5) is 11.5. The summed E-state index contributed by atoms with van der Waals surface area (Å²) >= 11 is 0.625. The van der Waals surface area contributed by atoms with Crippen LogP contribution in [0.1, 0.15) is 16.9 Å². The van der Waals surface area contributed by atoms with E-state index < -0.39 is 24.7 Å². The molecule has 2 amide bonds. The van der Waals surface area contributed by atoms with Crippen LogP contribution in [0.5, 0.6) is 0 Å². The number of amides is 2. The van der Waals surface area contributed by atoms with Gasteiger partial charge in [0.05, 0.1) is 19.2 Å². The maximum Gasteiger partial charge on any atom is 0.395 e. The summed E-state index contributed by atoms with van der Waals surface area (Å²) in [5.41, 5.74) is 0. The van der Waals surface area contributed by atoms with Crippen molar-refractivity contribution >= 4 is 22.5 Å². The highest BCUT2D eigenvalue weighted by molar-refractivity contribution is 7.15. The van der Waals surface area contributed by atoms with Crippen molar-refractivity contribution in [2.75, 3.05) is 11.9 Å². The maximum absolute atomic E-state index is 12.2. The molecule has 0 radical (unpaired) electrons. The molecule has 0 fully saturated rings. The van der Waals surface area contributed by atoms with Gasteiger partial charge in [0.15, 0.2) is 0 Å². The van der Waals surface area contributed by atoms with Gasteiger partial charge in [0.25, 0.3) is 0 Å². The first-order valence-corrected chi connectivity index (χ1v) is 6.80. The van der Waals surface area contributed by atoms with Crippen molar-refractivity contribution in [3.05, 3.63) is 29.2 Å². The van der Waals surface area contributed by atoms with Gasteiger partial charge in [-0.05, 0) is 12.1 Å². The van der Waals surface area contributed by atoms with E-state index in [1.807, 2.05) is 0 Å². The number of rotatable bonds is 5. The molecule has 0 saturated heterocycles. The van der Waals surface area contributed by atoms with E-state index in [9.17, 15) is 23.1 Å². The predicted octanol–water partition coefficient (Wildman–Crippen LogP) is 2.09. The molecular formula is C11H11F3N4O3S. The Bertz CT molecular complexity index is 614. The highest BCUT2D eigenvalue weighted by Gasteiger charge is 2.30. The molecule has 0 spiro atoms. The first kappa shape index (κ1) is 16.2. The van der Waals surface area contributed by atoms with Crippen LogP contribution in [-0.2, 0) is 6.42 Å². The van der Waals surface area contributed by atoms with E-state index in [0.29, 0.717) is 11.3 Å². The van der Waals surface area contributed by atoms with Crippen LogP contribution in [0.15, 0.2) is 22.8 Å². The van der Waals surface area contributed by atoms with E-state index in [0.717, 1.165) is 0 Å². The van der Waals surface area contributed by atoms with Crippen LogP contribution in [0.4, 0.5) is 23.1 Å². The summed E-state index contributed by atoms with van der Waals surface area (Å²) in [7, 11) is 0. The number of urea groups is 1. The monoisotopic (exact) mass is 336 g/mol. The van der Waals surface area contributed by atoms with E-state index in [-0.39, 0.29) is 22.4 Å². The van der Waals surface area contributed by atoms with Crippen LogP contribution >= 0.6 is 11.3 Å². The number of nitrogens with zero attached hydrogens (tertiary/aromatic N) is 2. The Morgan fingerprint density at radius 2 is 2.23 bits per heavy atom. The van der Waals surface area contributed by atoms with Crippen LogP contribution in [0, 0.1) is 0 Å². The van der Waals surface area contributed by atoms with Crippen LogP contribution in [-0.4, -0.2) is 34.1 Å². The number of halogens is 3.